The van der Waals surface area contributed by atoms with E-state index >= 15 is 0 Å². The molecule has 0 aromatic carbocycles. The first-order valence-corrected chi connectivity index (χ1v) is 8.59. The Morgan fingerprint density at radius 3 is 2.95 bits per heavy atom. The van der Waals surface area contributed by atoms with E-state index in [9.17, 15) is 0 Å². The number of fused-ring (bicyclic) bond motifs is 1. The van der Waals surface area contributed by atoms with Crippen molar-refractivity contribution in [2.75, 3.05) is 19.7 Å². The van der Waals surface area contributed by atoms with Crippen LogP contribution in [0.2, 0.25) is 0 Å². The van der Waals surface area contributed by atoms with Gasteiger partial charge in [-0.25, -0.2) is 4.98 Å². The average Bonchev–Trinajstić information content (AvgIpc) is 3.20. The summed E-state index contributed by atoms with van der Waals surface area (Å²) in [5.41, 5.74) is 1.11. The molecule has 0 bridgehead atoms. The van der Waals surface area contributed by atoms with Crippen LogP contribution in [-0.4, -0.2) is 45.8 Å². The molecule has 6 nitrogen and oxygen atoms in total. The van der Waals surface area contributed by atoms with E-state index in [1.807, 2.05) is 13.8 Å². The van der Waals surface area contributed by atoms with Crippen molar-refractivity contribution in [3.05, 3.63) is 27.8 Å². The van der Waals surface area contributed by atoms with Gasteiger partial charge in [-0.1, -0.05) is 5.16 Å². The van der Waals surface area contributed by atoms with Gasteiger partial charge in [-0.2, -0.15) is 4.98 Å². The molecule has 4 heterocycles. The summed E-state index contributed by atoms with van der Waals surface area (Å²) in [6.07, 6.45) is 1.17. The van der Waals surface area contributed by atoms with Crippen LogP contribution in [0.1, 0.15) is 22.4 Å². The van der Waals surface area contributed by atoms with Crippen molar-refractivity contribution in [3.63, 3.8) is 0 Å². The Kier molecular flexibility index (Phi) is 3.71. The van der Waals surface area contributed by atoms with E-state index in [1.165, 1.54) is 5.01 Å². The van der Waals surface area contributed by atoms with Crippen molar-refractivity contribution >= 4 is 11.3 Å². The Morgan fingerprint density at radius 1 is 1.32 bits per heavy atom. The highest BCUT2D eigenvalue weighted by Gasteiger charge is 2.44. The van der Waals surface area contributed by atoms with Gasteiger partial charge in [-0.05, 0) is 19.8 Å². The second-order valence-corrected chi connectivity index (χ2v) is 7.25. The van der Waals surface area contributed by atoms with Gasteiger partial charge in [0.05, 0.1) is 19.3 Å². The van der Waals surface area contributed by atoms with E-state index < -0.39 is 0 Å². The van der Waals surface area contributed by atoms with Crippen LogP contribution < -0.4 is 0 Å². The Labute approximate surface area is 133 Å². The number of hydrogen-bond donors (Lipinski definition) is 0. The van der Waals surface area contributed by atoms with Crippen LogP contribution in [0.25, 0.3) is 0 Å². The van der Waals surface area contributed by atoms with Gasteiger partial charge in [-0.3, -0.25) is 4.90 Å². The SMILES string of the molecule is Cc1csc(CN2C[C@@H]3[C@H](Cc4nc(C)no4)CO[C@@H]3C2)n1. The number of ether oxygens (including phenoxy) is 1. The molecule has 0 saturated carbocycles. The number of likely N-dealkylation sites (tertiary alicyclic amines) is 1. The summed E-state index contributed by atoms with van der Waals surface area (Å²) in [5, 5.41) is 7.18. The maximum atomic E-state index is 5.99. The highest BCUT2D eigenvalue weighted by Crippen LogP contribution is 2.36. The van der Waals surface area contributed by atoms with Gasteiger partial charge < -0.3 is 9.26 Å². The zero-order valence-corrected chi connectivity index (χ0v) is 13.7. The van der Waals surface area contributed by atoms with Crippen LogP contribution in [0.15, 0.2) is 9.90 Å². The molecule has 2 aromatic heterocycles. The summed E-state index contributed by atoms with van der Waals surface area (Å²) >= 11 is 1.74. The summed E-state index contributed by atoms with van der Waals surface area (Å²) in [6, 6.07) is 0. The number of nitrogens with zero attached hydrogens (tertiary/aromatic N) is 4. The monoisotopic (exact) mass is 320 g/mol. The largest absolute Gasteiger partial charge is 0.376 e. The molecule has 4 rings (SSSR count). The quantitative estimate of drug-likeness (QED) is 0.856. The van der Waals surface area contributed by atoms with Crippen LogP contribution in [-0.2, 0) is 17.7 Å². The number of rotatable bonds is 4. The first-order chi connectivity index (χ1) is 10.7. The molecule has 22 heavy (non-hydrogen) atoms. The third kappa shape index (κ3) is 2.80. The lowest BCUT2D eigenvalue weighted by molar-refractivity contribution is 0.0934. The first kappa shape index (κ1) is 14.3. The maximum absolute atomic E-state index is 5.99. The highest BCUT2D eigenvalue weighted by atomic mass is 32.1. The second-order valence-electron chi connectivity index (χ2n) is 6.31. The van der Waals surface area contributed by atoms with Gasteiger partial charge in [0.15, 0.2) is 5.82 Å². The molecule has 0 radical (unpaired) electrons. The van der Waals surface area contributed by atoms with Gasteiger partial charge in [0, 0.05) is 36.5 Å². The number of thiazole rings is 1. The van der Waals surface area contributed by atoms with Crippen LogP contribution in [0.3, 0.4) is 0 Å². The fourth-order valence-corrected chi connectivity index (χ4v) is 4.35. The van der Waals surface area contributed by atoms with Crippen LogP contribution in [0, 0.1) is 25.7 Å². The minimum atomic E-state index is 0.343. The Morgan fingerprint density at radius 2 is 2.23 bits per heavy atom. The van der Waals surface area contributed by atoms with Gasteiger partial charge >= 0.3 is 0 Å². The predicted molar refractivity (Wildman–Crippen MR) is 81.6 cm³/mol. The molecule has 0 amide bonds. The van der Waals surface area contributed by atoms with E-state index in [0.717, 1.165) is 44.2 Å². The van der Waals surface area contributed by atoms with E-state index in [-0.39, 0.29) is 0 Å². The zero-order chi connectivity index (χ0) is 15.1. The molecule has 2 aliphatic rings. The van der Waals surface area contributed by atoms with E-state index in [2.05, 4.69) is 25.4 Å². The highest BCUT2D eigenvalue weighted by molar-refractivity contribution is 7.09. The van der Waals surface area contributed by atoms with E-state index in [1.54, 1.807) is 11.3 Å². The standard InChI is InChI=1S/C15H20N4O2S/c1-9-8-22-15(16-9)6-19-4-12-11(7-20-13(12)5-19)3-14-17-10(2)18-21-14/h8,11-13H,3-7H2,1-2H3/t11-,12-,13-/m1/s1. The molecule has 0 aliphatic carbocycles. The minimum absolute atomic E-state index is 0.343. The van der Waals surface area contributed by atoms with Crippen molar-refractivity contribution in [2.24, 2.45) is 11.8 Å². The Balaban J connectivity index is 1.38. The van der Waals surface area contributed by atoms with Crippen LogP contribution in [0.4, 0.5) is 0 Å². The van der Waals surface area contributed by atoms with Crippen molar-refractivity contribution in [1.29, 1.82) is 0 Å². The smallest absolute Gasteiger partial charge is 0.227 e. The molecule has 2 aliphatic heterocycles. The van der Waals surface area contributed by atoms with E-state index in [4.69, 9.17) is 9.26 Å². The van der Waals surface area contributed by atoms with Crippen molar-refractivity contribution in [1.82, 2.24) is 20.0 Å². The molecular weight excluding hydrogens is 300 g/mol. The molecule has 118 valence electrons. The number of aromatic nitrogens is 3. The Bertz CT molecular complexity index is 656. The lowest BCUT2D eigenvalue weighted by Crippen LogP contribution is -2.24. The summed E-state index contributed by atoms with van der Waals surface area (Å²) in [5.74, 6) is 2.49. The predicted octanol–water partition coefficient (Wildman–Crippen LogP) is 1.83. The number of aryl methyl sites for hydroxylation is 2. The summed E-state index contributed by atoms with van der Waals surface area (Å²) in [7, 11) is 0. The summed E-state index contributed by atoms with van der Waals surface area (Å²) in [6.45, 7) is 7.71. The zero-order valence-electron chi connectivity index (χ0n) is 12.9. The molecule has 0 spiro atoms. The van der Waals surface area contributed by atoms with Gasteiger partial charge in [0.1, 0.15) is 5.01 Å². The summed E-state index contributed by atoms with van der Waals surface area (Å²) < 4.78 is 11.3. The Hall–Kier alpha value is -1.31. The molecule has 2 aromatic rings. The molecule has 2 fully saturated rings. The van der Waals surface area contributed by atoms with Gasteiger partial charge in [0.25, 0.3) is 0 Å². The van der Waals surface area contributed by atoms with Crippen LogP contribution >= 0.6 is 11.3 Å². The fraction of sp³-hybridized carbons (Fsp3) is 0.667. The van der Waals surface area contributed by atoms with E-state index in [0.29, 0.717) is 23.8 Å². The molecule has 0 N–H and O–H groups in total. The lowest BCUT2D eigenvalue weighted by Gasteiger charge is -2.17. The fourth-order valence-electron chi connectivity index (χ4n) is 3.53. The van der Waals surface area contributed by atoms with Crippen molar-refractivity contribution < 1.29 is 9.26 Å². The van der Waals surface area contributed by atoms with Crippen LogP contribution in [0.5, 0.6) is 0 Å². The summed E-state index contributed by atoms with van der Waals surface area (Å²) in [4.78, 5) is 11.3. The normalized spacial score (nSPS) is 28.4. The molecule has 0 unspecified atom stereocenters. The third-order valence-electron chi connectivity index (χ3n) is 4.55. The third-order valence-corrected chi connectivity index (χ3v) is 5.50. The lowest BCUT2D eigenvalue weighted by atomic mass is 9.90. The number of hydrogen-bond acceptors (Lipinski definition) is 7. The van der Waals surface area contributed by atoms with Crippen molar-refractivity contribution in [3.8, 4) is 0 Å². The van der Waals surface area contributed by atoms with Gasteiger partial charge in [0.2, 0.25) is 5.89 Å². The minimum Gasteiger partial charge on any atom is -0.376 e. The maximum Gasteiger partial charge on any atom is 0.227 e. The topological polar surface area (TPSA) is 64.3 Å². The van der Waals surface area contributed by atoms with Gasteiger partial charge in [-0.15, -0.1) is 11.3 Å². The first-order valence-electron chi connectivity index (χ1n) is 7.71. The molecule has 3 atom stereocenters. The molecular formula is C15H20N4O2S. The second kappa shape index (κ2) is 5.72. The molecule has 2 saturated heterocycles. The van der Waals surface area contributed by atoms with Crippen molar-refractivity contribution in [2.45, 2.75) is 32.9 Å². The average molecular weight is 320 g/mol. The molecule has 7 heteroatoms.